The van der Waals surface area contributed by atoms with Crippen LogP contribution in [-0.2, 0) is 20.7 Å². The Morgan fingerprint density at radius 2 is 1.87 bits per heavy atom. The first-order chi connectivity index (χ1) is 10.7. The van der Waals surface area contributed by atoms with Crippen molar-refractivity contribution < 1.29 is 32.6 Å². The molecule has 0 radical (unpaired) electrons. The predicted molar refractivity (Wildman–Crippen MR) is 75.8 cm³/mol. The number of halogens is 3. The topological polar surface area (TPSA) is 75.6 Å². The van der Waals surface area contributed by atoms with E-state index < -0.39 is 36.7 Å². The van der Waals surface area contributed by atoms with Crippen LogP contribution in [0.2, 0.25) is 0 Å². The summed E-state index contributed by atoms with van der Waals surface area (Å²) in [6.45, 7) is -0.551. The highest BCUT2D eigenvalue weighted by atomic mass is 19.4. The van der Waals surface area contributed by atoms with Gasteiger partial charge < -0.3 is 15.2 Å². The molecular weight excluding hydrogens is 315 g/mol. The second kappa shape index (κ2) is 8.52. The number of ether oxygens (including phenoxy) is 1. The Kier molecular flexibility index (Phi) is 7.02. The number of benzene rings is 1. The first-order valence-corrected chi connectivity index (χ1v) is 6.92. The van der Waals surface area contributed by atoms with Gasteiger partial charge >= 0.3 is 12.1 Å². The number of nitrogens with one attached hydrogen (secondary N) is 1. The summed E-state index contributed by atoms with van der Waals surface area (Å²) in [6, 6.07) is 8.83. The number of carboxylic acids is 1. The number of hydrogen-bond acceptors (Lipinski definition) is 3. The van der Waals surface area contributed by atoms with Crippen molar-refractivity contribution in [1.29, 1.82) is 0 Å². The molecule has 0 spiro atoms. The maximum Gasteiger partial charge on any atom is 0.411 e. The fourth-order valence-electron chi connectivity index (χ4n) is 1.81. The Balaban J connectivity index is 2.48. The maximum atomic E-state index is 12.0. The lowest BCUT2D eigenvalue weighted by molar-refractivity contribution is -0.185. The third-order valence-electron chi connectivity index (χ3n) is 3.06. The Morgan fingerprint density at radius 1 is 1.26 bits per heavy atom. The average molecular weight is 333 g/mol. The Hall–Kier alpha value is -2.09. The summed E-state index contributed by atoms with van der Waals surface area (Å²) in [5.74, 6) is -2.76. The van der Waals surface area contributed by atoms with E-state index in [0.29, 0.717) is 0 Å². The van der Waals surface area contributed by atoms with Crippen LogP contribution in [0.1, 0.15) is 12.5 Å². The molecule has 1 amide bonds. The Labute approximate surface area is 131 Å². The molecule has 0 heterocycles. The summed E-state index contributed by atoms with van der Waals surface area (Å²) in [7, 11) is 0. The van der Waals surface area contributed by atoms with Crippen molar-refractivity contribution in [2.24, 2.45) is 5.92 Å². The van der Waals surface area contributed by atoms with Crippen molar-refractivity contribution in [3.8, 4) is 0 Å². The van der Waals surface area contributed by atoms with Gasteiger partial charge in [0.2, 0.25) is 5.91 Å². The molecule has 0 saturated heterocycles. The number of aliphatic carboxylic acids is 1. The van der Waals surface area contributed by atoms with E-state index in [-0.39, 0.29) is 13.0 Å². The highest BCUT2D eigenvalue weighted by molar-refractivity contribution is 5.81. The fourth-order valence-corrected chi connectivity index (χ4v) is 1.81. The molecule has 0 aliphatic carbocycles. The third kappa shape index (κ3) is 7.64. The molecule has 5 nitrogen and oxygen atoms in total. The van der Waals surface area contributed by atoms with E-state index in [1.165, 1.54) is 6.92 Å². The maximum absolute atomic E-state index is 12.0. The second-order valence-electron chi connectivity index (χ2n) is 5.04. The smallest absolute Gasteiger partial charge is 0.411 e. The molecule has 1 aromatic rings. The molecule has 23 heavy (non-hydrogen) atoms. The van der Waals surface area contributed by atoms with Gasteiger partial charge in [-0.15, -0.1) is 0 Å². The van der Waals surface area contributed by atoms with E-state index in [2.05, 4.69) is 10.1 Å². The molecule has 0 bridgehead atoms. The molecule has 0 saturated carbocycles. The lowest BCUT2D eigenvalue weighted by Crippen LogP contribution is -2.40. The predicted octanol–water partition coefficient (Wildman–Crippen LogP) is 2.01. The van der Waals surface area contributed by atoms with Crippen molar-refractivity contribution in [3.05, 3.63) is 35.9 Å². The zero-order valence-electron chi connectivity index (χ0n) is 12.5. The van der Waals surface area contributed by atoms with Crippen LogP contribution in [0.3, 0.4) is 0 Å². The summed E-state index contributed by atoms with van der Waals surface area (Å²) < 4.78 is 40.4. The number of carboxylic acid groups (broad SMARTS) is 1. The lowest BCUT2D eigenvalue weighted by atomic mass is 9.99. The van der Waals surface area contributed by atoms with Crippen molar-refractivity contribution in [2.45, 2.75) is 25.6 Å². The van der Waals surface area contributed by atoms with Crippen LogP contribution in [0.25, 0.3) is 0 Å². The van der Waals surface area contributed by atoms with Crippen LogP contribution in [-0.4, -0.2) is 42.4 Å². The minimum Gasteiger partial charge on any atom is -0.481 e. The van der Waals surface area contributed by atoms with Gasteiger partial charge in [0, 0.05) is 6.54 Å². The summed E-state index contributed by atoms with van der Waals surface area (Å²) in [6.07, 6.45) is -5.64. The largest absolute Gasteiger partial charge is 0.481 e. The van der Waals surface area contributed by atoms with Gasteiger partial charge in [-0.25, -0.2) is 0 Å². The molecule has 0 unspecified atom stereocenters. The number of rotatable bonds is 8. The fraction of sp³-hybridized carbons (Fsp3) is 0.467. The minimum atomic E-state index is -4.52. The first kappa shape index (κ1) is 19.0. The highest BCUT2D eigenvalue weighted by Gasteiger charge is 2.30. The van der Waals surface area contributed by atoms with Crippen LogP contribution >= 0.6 is 0 Å². The molecule has 1 aromatic carbocycles. The van der Waals surface area contributed by atoms with E-state index in [1.807, 2.05) is 0 Å². The van der Waals surface area contributed by atoms with Crippen molar-refractivity contribution >= 4 is 11.9 Å². The molecular formula is C15H18F3NO4. The van der Waals surface area contributed by atoms with Gasteiger partial charge in [0.1, 0.15) is 12.7 Å². The zero-order chi connectivity index (χ0) is 17.5. The molecule has 0 fully saturated rings. The van der Waals surface area contributed by atoms with Gasteiger partial charge in [-0.2, -0.15) is 13.2 Å². The van der Waals surface area contributed by atoms with E-state index in [0.717, 1.165) is 5.56 Å². The van der Waals surface area contributed by atoms with Gasteiger partial charge in [0.05, 0.1) is 5.92 Å². The summed E-state index contributed by atoms with van der Waals surface area (Å²) >= 11 is 0. The number of amides is 1. The zero-order valence-corrected chi connectivity index (χ0v) is 12.5. The molecule has 2 N–H and O–H groups in total. The number of alkyl halides is 3. The molecule has 0 aliphatic heterocycles. The van der Waals surface area contributed by atoms with Crippen LogP contribution in [0.5, 0.6) is 0 Å². The van der Waals surface area contributed by atoms with Crippen LogP contribution in [0.15, 0.2) is 30.3 Å². The molecule has 2 atom stereocenters. The minimum absolute atomic E-state index is 0.192. The van der Waals surface area contributed by atoms with Crippen molar-refractivity contribution in [3.63, 3.8) is 0 Å². The standard InChI is InChI=1S/C15H18F3NO4/c1-10(23-9-15(16,17)18)13(20)19-8-12(14(21)22)7-11-5-3-2-4-6-11/h2-6,10,12H,7-9H2,1H3,(H,19,20)(H,21,22)/t10-,12+/m0/s1. The summed E-state index contributed by atoms with van der Waals surface area (Å²) in [5, 5.41) is 11.5. The molecule has 128 valence electrons. The van der Waals surface area contributed by atoms with Gasteiger partial charge in [-0.05, 0) is 18.9 Å². The third-order valence-corrected chi connectivity index (χ3v) is 3.06. The van der Waals surface area contributed by atoms with Crippen LogP contribution in [0, 0.1) is 5.92 Å². The van der Waals surface area contributed by atoms with Gasteiger partial charge in [-0.1, -0.05) is 30.3 Å². The average Bonchev–Trinajstić information content (AvgIpc) is 2.48. The van der Waals surface area contributed by atoms with E-state index >= 15 is 0 Å². The lowest BCUT2D eigenvalue weighted by Gasteiger charge is -2.17. The van der Waals surface area contributed by atoms with Gasteiger partial charge in [-0.3, -0.25) is 9.59 Å². The Morgan fingerprint density at radius 3 is 2.39 bits per heavy atom. The summed E-state index contributed by atoms with van der Waals surface area (Å²) in [5.41, 5.74) is 0.788. The van der Waals surface area contributed by atoms with E-state index in [1.54, 1.807) is 30.3 Å². The number of hydrogen-bond donors (Lipinski definition) is 2. The SMILES string of the molecule is C[C@H](OCC(F)(F)F)C(=O)NC[C@@H](Cc1ccccc1)C(=O)O. The number of carbonyl (C=O) groups is 2. The quantitative estimate of drug-likeness (QED) is 0.763. The second-order valence-corrected chi connectivity index (χ2v) is 5.04. The van der Waals surface area contributed by atoms with E-state index in [9.17, 15) is 22.8 Å². The number of carbonyl (C=O) groups excluding carboxylic acids is 1. The van der Waals surface area contributed by atoms with Gasteiger partial charge in [0.25, 0.3) is 0 Å². The Bertz CT molecular complexity index is 519. The monoisotopic (exact) mass is 333 g/mol. The molecule has 1 rings (SSSR count). The molecule has 0 aliphatic rings. The van der Waals surface area contributed by atoms with E-state index in [4.69, 9.17) is 5.11 Å². The molecule has 8 heteroatoms. The van der Waals surface area contributed by atoms with Crippen molar-refractivity contribution in [1.82, 2.24) is 5.32 Å². The van der Waals surface area contributed by atoms with Crippen molar-refractivity contribution in [2.75, 3.05) is 13.2 Å². The van der Waals surface area contributed by atoms with Crippen LogP contribution in [0.4, 0.5) is 13.2 Å². The highest BCUT2D eigenvalue weighted by Crippen LogP contribution is 2.15. The molecule has 0 aromatic heterocycles. The normalized spacial score (nSPS) is 14.1. The summed E-state index contributed by atoms with van der Waals surface area (Å²) in [4.78, 5) is 22.9. The first-order valence-electron chi connectivity index (χ1n) is 6.92. The van der Waals surface area contributed by atoms with Crippen LogP contribution < -0.4 is 5.32 Å². The van der Waals surface area contributed by atoms with Gasteiger partial charge in [0.15, 0.2) is 0 Å².